The Hall–Kier alpha value is -3.03. The molecule has 1 unspecified atom stereocenters. The molecule has 1 aromatic carbocycles. The lowest BCUT2D eigenvalue weighted by molar-refractivity contribution is -0.138. The van der Waals surface area contributed by atoms with Crippen LogP contribution in [0.25, 0.3) is 11.0 Å². The van der Waals surface area contributed by atoms with E-state index < -0.39 is 34.9 Å². The topological polar surface area (TPSA) is 126 Å². The molecule has 1 aliphatic carbocycles. The van der Waals surface area contributed by atoms with Crippen molar-refractivity contribution >= 4 is 22.8 Å². The van der Waals surface area contributed by atoms with Crippen molar-refractivity contribution in [2.45, 2.75) is 45.1 Å². The highest BCUT2D eigenvalue weighted by Crippen LogP contribution is 2.31. The van der Waals surface area contributed by atoms with Crippen LogP contribution in [0.2, 0.25) is 0 Å². The van der Waals surface area contributed by atoms with Crippen molar-refractivity contribution < 1.29 is 29.0 Å². The summed E-state index contributed by atoms with van der Waals surface area (Å²) in [7, 11) is 0. The van der Waals surface area contributed by atoms with Crippen LogP contribution in [0.3, 0.4) is 0 Å². The molecule has 0 saturated heterocycles. The fraction of sp³-hybridized carbons (Fsp3) is 0.450. The van der Waals surface area contributed by atoms with E-state index in [1.54, 1.807) is 6.07 Å². The standard InChI is InChI=1S/C20H23NO7/c1-11(19(24)25)21-18(23)16-17(22)14-9-13(7-8-15(14)28-20(16)26)27-10-12-5-3-2-4-6-12/h7-9,11-12,22H,2-6,10H2,1H3,(H,21,23)(H,24,25). The third-order valence-electron chi connectivity index (χ3n) is 5.01. The molecular weight excluding hydrogens is 366 g/mol. The Labute approximate surface area is 161 Å². The minimum Gasteiger partial charge on any atom is -0.506 e. The van der Waals surface area contributed by atoms with Gasteiger partial charge in [0.1, 0.15) is 23.1 Å². The van der Waals surface area contributed by atoms with Crippen LogP contribution in [0.15, 0.2) is 27.4 Å². The van der Waals surface area contributed by atoms with Crippen LogP contribution >= 0.6 is 0 Å². The second-order valence-electron chi connectivity index (χ2n) is 7.12. The first-order valence-electron chi connectivity index (χ1n) is 9.33. The minimum atomic E-state index is -1.27. The lowest BCUT2D eigenvalue weighted by Crippen LogP contribution is -2.40. The van der Waals surface area contributed by atoms with Gasteiger partial charge in [-0.15, -0.1) is 0 Å². The fourth-order valence-corrected chi connectivity index (χ4v) is 3.35. The Kier molecular flexibility index (Phi) is 5.87. The molecule has 150 valence electrons. The van der Waals surface area contributed by atoms with Gasteiger partial charge in [0.2, 0.25) is 0 Å². The second kappa shape index (κ2) is 8.33. The molecule has 1 saturated carbocycles. The van der Waals surface area contributed by atoms with Crippen LogP contribution in [0.1, 0.15) is 49.4 Å². The van der Waals surface area contributed by atoms with Crippen molar-refractivity contribution in [1.82, 2.24) is 5.32 Å². The average molecular weight is 389 g/mol. The molecule has 8 nitrogen and oxygen atoms in total. The molecule has 3 N–H and O–H groups in total. The zero-order valence-electron chi connectivity index (χ0n) is 15.6. The van der Waals surface area contributed by atoms with Gasteiger partial charge in [0, 0.05) is 0 Å². The summed E-state index contributed by atoms with van der Waals surface area (Å²) in [6.45, 7) is 1.81. The highest BCUT2D eigenvalue weighted by atomic mass is 16.5. The summed E-state index contributed by atoms with van der Waals surface area (Å²) < 4.78 is 10.9. The van der Waals surface area contributed by atoms with E-state index in [0.717, 1.165) is 12.8 Å². The number of benzene rings is 1. The average Bonchev–Trinajstić information content (AvgIpc) is 2.67. The van der Waals surface area contributed by atoms with E-state index in [0.29, 0.717) is 18.3 Å². The van der Waals surface area contributed by atoms with Crippen molar-refractivity contribution in [3.8, 4) is 11.5 Å². The predicted molar refractivity (Wildman–Crippen MR) is 101 cm³/mol. The van der Waals surface area contributed by atoms with Gasteiger partial charge in [-0.2, -0.15) is 0 Å². The van der Waals surface area contributed by atoms with E-state index in [-0.39, 0.29) is 11.0 Å². The number of nitrogens with one attached hydrogen (secondary N) is 1. The molecule has 1 amide bonds. The van der Waals surface area contributed by atoms with Crippen LogP contribution in [-0.4, -0.2) is 34.7 Å². The molecule has 0 radical (unpaired) electrons. The normalized spacial score (nSPS) is 15.9. The van der Waals surface area contributed by atoms with Gasteiger partial charge in [-0.1, -0.05) is 19.3 Å². The van der Waals surface area contributed by atoms with Gasteiger partial charge in [0.05, 0.1) is 12.0 Å². The van der Waals surface area contributed by atoms with Gasteiger partial charge < -0.3 is 24.7 Å². The summed E-state index contributed by atoms with van der Waals surface area (Å²) in [6, 6.07) is 3.41. The third-order valence-corrected chi connectivity index (χ3v) is 5.01. The highest BCUT2D eigenvalue weighted by molar-refractivity contribution is 6.02. The number of rotatable bonds is 6. The highest BCUT2D eigenvalue weighted by Gasteiger charge is 2.24. The van der Waals surface area contributed by atoms with Gasteiger partial charge in [-0.05, 0) is 43.9 Å². The number of hydrogen-bond donors (Lipinski definition) is 3. The molecule has 28 heavy (non-hydrogen) atoms. The zero-order chi connectivity index (χ0) is 20.3. The molecule has 0 aliphatic heterocycles. The number of aliphatic carboxylic acids is 1. The number of amides is 1. The number of hydrogen-bond acceptors (Lipinski definition) is 6. The van der Waals surface area contributed by atoms with Gasteiger partial charge in [-0.3, -0.25) is 9.59 Å². The molecule has 1 aliphatic rings. The van der Waals surface area contributed by atoms with E-state index in [4.69, 9.17) is 14.3 Å². The summed E-state index contributed by atoms with van der Waals surface area (Å²) >= 11 is 0. The smallest absolute Gasteiger partial charge is 0.353 e. The lowest BCUT2D eigenvalue weighted by Gasteiger charge is -2.21. The first-order chi connectivity index (χ1) is 13.4. The molecule has 0 bridgehead atoms. The molecule has 0 spiro atoms. The van der Waals surface area contributed by atoms with Gasteiger partial charge in [0.15, 0.2) is 5.56 Å². The number of carbonyl (C=O) groups excluding carboxylic acids is 1. The Balaban J connectivity index is 1.86. The first kappa shape index (κ1) is 19.7. The Morgan fingerprint density at radius 2 is 2.00 bits per heavy atom. The van der Waals surface area contributed by atoms with Gasteiger partial charge in [-0.25, -0.2) is 4.79 Å². The number of carboxylic acids is 1. The van der Waals surface area contributed by atoms with Crippen LogP contribution in [-0.2, 0) is 4.79 Å². The molecule has 8 heteroatoms. The summed E-state index contributed by atoms with van der Waals surface area (Å²) in [4.78, 5) is 35.2. The van der Waals surface area contributed by atoms with E-state index in [1.165, 1.54) is 38.3 Å². The molecular formula is C20H23NO7. The number of ether oxygens (including phenoxy) is 1. The van der Waals surface area contributed by atoms with Crippen LogP contribution < -0.4 is 15.7 Å². The Morgan fingerprint density at radius 1 is 1.29 bits per heavy atom. The van der Waals surface area contributed by atoms with Crippen LogP contribution in [0.4, 0.5) is 0 Å². The molecule has 1 aromatic heterocycles. The molecule has 2 aromatic rings. The number of fused-ring (bicyclic) bond motifs is 1. The quantitative estimate of drug-likeness (QED) is 0.648. The maximum atomic E-state index is 12.2. The minimum absolute atomic E-state index is 0.107. The maximum Gasteiger partial charge on any atom is 0.353 e. The Bertz CT molecular complexity index is 943. The zero-order valence-corrected chi connectivity index (χ0v) is 15.6. The summed E-state index contributed by atoms with van der Waals surface area (Å²) in [5.74, 6) is -1.87. The van der Waals surface area contributed by atoms with E-state index in [2.05, 4.69) is 5.32 Å². The van der Waals surface area contributed by atoms with Crippen molar-refractivity contribution in [1.29, 1.82) is 0 Å². The fourth-order valence-electron chi connectivity index (χ4n) is 3.35. The monoisotopic (exact) mass is 389 g/mol. The molecule has 1 atom stereocenters. The lowest BCUT2D eigenvalue weighted by atomic mass is 9.90. The Morgan fingerprint density at radius 3 is 2.68 bits per heavy atom. The summed E-state index contributed by atoms with van der Waals surface area (Å²) in [5.41, 5.74) is -1.57. The second-order valence-corrected chi connectivity index (χ2v) is 7.12. The van der Waals surface area contributed by atoms with E-state index >= 15 is 0 Å². The van der Waals surface area contributed by atoms with Crippen molar-refractivity contribution in [3.63, 3.8) is 0 Å². The number of aromatic hydroxyl groups is 1. The summed E-state index contributed by atoms with van der Waals surface area (Å²) in [5, 5.41) is 21.6. The largest absolute Gasteiger partial charge is 0.506 e. The van der Waals surface area contributed by atoms with Crippen molar-refractivity contribution in [2.24, 2.45) is 5.92 Å². The predicted octanol–water partition coefficient (Wildman–Crippen LogP) is 2.66. The number of carboxylic acid groups (broad SMARTS) is 1. The third kappa shape index (κ3) is 4.27. The van der Waals surface area contributed by atoms with Crippen molar-refractivity contribution in [3.05, 3.63) is 34.2 Å². The molecule has 3 rings (SSSR count). The SMILES string of the molecule is CC(NC(=O)c1c(O)c2cc(OCC3CCCCC3)ccc2oc1=O)C(=O)O. The summed E-state index contributed by atoms with van der Waals surface area (Å²) in [6.07, 6.45) is 5.90. The van der Waals surface area contributed by atoms with Crippen molar-refractivity contribution in [2.75, 3.05) is 6.61 Å². The molecule has 1 heterocycles. The van der Waals surface area contributed by atoms with E-state index in [9.17, 15) is 19.5 Å². The van der Waals surface area contributed by atoms with Crippen LogP contribution in [0, 0.1) is 5.92 Å². The van der Waals surface area contributed by atoms with Gasteiger partial charge in [0.25, 0.3) is 5.91 Å². The van der Waals surface area contributed by atoms with E-state index in [1.807, 2.05) is 0 Å². The first-order valence-corrected chi connectivity index (χ1v) is 9.33. The van der Waals surface area contributed by atoms with Gasteiger partial charge >= 0.3 is 11.6 Å². The number of carbonyl (C=O) groups is 2. The molecule has 1 fully saturated rings. The maximum absolute atomic E-state index is 12.2. The van der Waals surface area contributed by atoms with Crippen LogP contribution in [0.5, 0.6) is 11.5 Å².